The van der Waals surface area contributed by atoms with E-state index in [1.165, 1.54) is 122 Å². The van der Waals surface area contributed by atoms with Gasteiger partial charge in [-0.25, -0.2) is 4.57 Å². The molecule has 0 aliphatic rings. The molecular weight excluding hydrogens is 613 g/mol. The van der Waals surface area contributed by atoms with Crippen molar-refractivity contribution in [3.8, 4) is 0 Å². The minimum absolute atomic E-state index is 0.0966. The highest BCUT2D eigenvalue weighted by Crippen LogP contribution is 2.43. The van der Waals surface area contributed by atoms with E-state index < -0.39 is 13.9 Å². The van der Waals surface area contributed by atoms with E-state index in [0.717, 1.165) is 32.1 Å². The number of carbonyl (C=O) groups excluding carboxylic acids is 1. The van der Waals surface area contributed by atoms with Crippen LogP contribution in [0.4, 0.5) is 0 Å². The highest BCUT2D eigenvalue weighted by Gasteiger charge is 2.25. The van der Waals surface area contributed by atoms with E-state index in [4.69, 9.17) is 24.3 Å². The lowest BCUT2D eigenvalue weighted by Crippen LogP contribution is -2.28. The van der Waals surface area contributed by atoms with Gasteiger partial charge in [-0.15, -0.1) is 0 Å². The number of hydrogen-bond donors (Lipinski definition) is 2. The van der Waals surface area contributed by atoms with Crippen LogP contribution in [0.25, 0.3) is 0 Å². The van der Waals surface area contributed by atoms with Crippen molar-refractivity contribution in [3.05, 3.63) is 24.3 Å². The van der Waals surface area contributed by atoms with Gasteiger partial charge in [0, 0.05) is 19.6 Å². The van der Waals surface area contributed by atoms with Gasteiger partial charge in [-0.05, 0) is 57.8 Å². The van der Waals surface area contributed by atoms with E-state index >= 15 is 0 Å². The Balaban J connectivity index is 4.06. The van der Waals surface area contributed by atoms with Crippen LogP contribution in [0.1, 0.15) is 174 Å². The molecule has 0 aromatic heterocycles. The van der Waals surface area contributed by atoms with E-state index in [2.05, 4.69) is 38.2 Å². The summed E-state index contributed by atoms with van der Waals surface area (Å²) in [4.78, 5) is 22.4. The Morgan fingerprint density at radius 3 is 1.64 bits per heavy atom. The molecule has 0 fully saturated rings. The molecule has 0 bridgehead atoms. The van der Waals surface area contributed by atoms with Crippen LogP contribution < -0.4 is 5.73 Å². The third-order valence-corrected chi connectivity index (χ3v) is 9.06. The molecule has 8 nitrogen and oxygen atoms in total. The summed E-state index contributed by atoms with van der Waals surface area (Å²) in [6.07, 6.45) is 37.6. The zero-order valence-electron chi connectivity index (χ0n) is 30.5. The third kappa shape index (κ3) is 36.1. The van der Waals surface area contributed by atoms with Crippen LogP contribution in [0.5, 0.6) is 0 Å². The molecule has 0 amide bonds. The molecule has 0 aliphatic heterocycles. The Labute approximate surface area is 289 Å². The monoisotopic (exact) mass is 688 g/mol. The van der Waals surface area contributed by atoms with Crippen molar-refractivity contribution >= 4 is 13.8 Å². The number of nitrogens with two attached hydrogens (primary N) is 1. The summed E-state index contributed by atoms with van der Waals surface area (Å²) in [7, 11) is -4.27. The first kappa shape index (κ1) is 46.0. The Morgan fingerprint density at radius 1 is 0.617 bits per heavy atom. The van der Waals surface area contributed by atoms with Crippen LogP contribution in [0, 0.1) is 0 Å². The van der Waals surface area contributed by atoms with Crippen molar-refractivity contribution in [1.82, 2.24) is 0 Å². The average molecular weight is 688 g/mol. The van der Waals surface area contributed by atoms with Crippen LogP contribution in [0.2, 0.25) is 0 Å². The van der Waals surface area contributed by atoms with Crippen molar-refractivity contribution in [3.63, 3.8) is 0 Å². The number of esters is 1. The largest absolute Gasteiger partial charge is 0.472 e. The van der Waals surface area contributed by atoms with Crippen LogP contribution in [-0.2, 0) is 27.9 Å². The Morgan fingerprint density at radius 2 is 1.11 bits per heavy atom. The van der Waals surface area contributed by atoms with Gasteiger partial charge in [0.2, 0.25) is 0 Å². The van der Waals surface area contributed by atoms with Gasteiger partial charge < -0.3 is 20.1 Å². The SMILES string of the molecule is CCC/C=C\CCCCCCCCOCC(COP(=O)(O)OCCN)OC(=O)CCCCCCCCC/C=C\CCCCCCCC. The second kappa shape index (κ2) is 36.3. The molecule has 0 aromatic rings. The summed E-state index contributed by atoms with van der Waals surface area (Å²) in [6.45, 7) is 4.85. The molecule has 3 N–H and O–H groups in total. The molecule has 278 valence electrons. The lowest BCUT2D eigenvalue weighted by molar-refractivity contribution is -0.154. The van der Waals surface area contributed by atoms with Gasteiger partial charge in [-0.3, -0.25) is 13.8 Å². The molecule has 0 aromatic carbocycles. The summed E-state index contributed by atoms with van der Waals surface area (Å²) in [5.41, 5.74) is 5.35. The number of allylic oxidation sites excluding steroid dienone is 4. The number of unbranched alkanes of at least 4 members (excludes halogenated alkanes) is 20. The van der Waals surface area contributed by atoms with E-state index in [9.17, 15) is 14.3 Å². The standard InChI is InChI=1S/C38H74NO7P/c1-3-5-7-9-11-13-15-16-17-18-19-20-21-23-25-27-29-31-38(40)46-37(36-45-47(41,42)44-34-32-39)35-43-33-30-28-26-24-22-14-12-10-8-6-4-2/h8,10,16-17,37H,3-7,9,11-15,18-36,39H2,1-2H3,(H,41,42)/b10-8-,17-16-. The van der Waals surface area contributed by atoms with E-state index in [1.54, 1.807) is 0 Å². The fraction of sp³-hybridized carbons (Fsp3) is 0.868. The van der Waals surface area contributed by atoms with Crippen molar-refractivity contribution in [2.24, 2.45) is 5.73 Å². The molecule has 0 heterocycles. The lowest BCUT2D eigenvalue weighted by Gasteiger charge is -2.20. The molecular formula is C38H74NO7P. The number of phosphoric acid groups is 1. The van der Waals surface area contributed by atoms with E-state index in [0.29, 0.717) is 13.0 Å². The van der Waals surface area contributed by atoms with Gasteiger partial charge in [0.15, 0.2) is 0 Å². The predicted octanol–water partition coefficient (Wildman–Crippen LogP) is 10.9. The molecule has 9 heteroatoms. The summed E-state index contributed by atoms with van der Waals surface area (Å²) >= 11 is 0. The summed E-state index contributed by atoms with van der Waals surface area (Å²) in [5.74, 6) is -0.338. The quantitative estimate of drug-likeness (QED) is 0.0287. The van der Waals surface area contributed by atoms with Crippen LogP contribution >= 0.6 is 7.82 Å². The second-order valence-corrected chi connectivity index (χ2v) is 14.2. The first-order chi connectivity index (χ1) is 22.9. The molecule has 0 spiro atoms. The molecule has 0 radical (unpaired) electrons. The first-order valence-electron chi connectivity index (χ1n) is 19.3. The van der Waals surface area contributed by atoms with Gasteiger partial charge in [0.25, 0.3) is 0 Å². The van der Waals surface area contributed by atoms with Crippen molar-refractivity contribution in [2.75, 3.05) is 33.0 Å². The summed E-state index contributed by atoms with van der Waals surface area (Å²) in [5, 5.41) is 0. The highest BCUT2D eigenvalue weighted by atomic mass is 31.2. The number of phosphoric ester groups is 1. The van der Waals surface area contributed by atoms with Gasteiger partial charge in [0.1, 0.15) is 6.10 Å². The molecule has 2 unspecified atom stereocenters. The number of carbonyl (C=O) groups is 1. The van der Waals surface area contributed by atoms with Crippen molar-refractivity contribution in [1.29, 1.82) is 0 Å². The van der Waals surface area contributed by atoms with Crippen molar-refractivity contribution in [2.45, 2.75) is 180 Å². The van der Waals surface area contributed by atoms with Gasteiger partial charge in [-0.1, -0.05) is 134 Å². The zero-order chi connectivity index (χ0) is 34.5. The number of rotatable bonds is 37. The third-order valence-electron chi connectivity index (χ3n) is 8.07. The summed E-state index contributed by atoms with van der Waals surface area (Å²) in [6, 6.07) is 0. The van der Waals surface area contributed by atoms with Crippen molar-refractivity contribution < 1.29 is 32.8 Å². The minimum Gasteiger partial charge on any atom is -0.457 e. The molecule has 0 saturated carbocycles. The van der Waals surface area contributed by atoms with Crippen LogP contribution in [0.15, 0.2) is 24.3 Å². The fourth-order valence-electron chi connectivity index (χ4n) is 5.23. The zero-order valence-corrected chi connectivity index (χ0v) is 31.4. The molecule has 0 aliphatic carbocycles. The fourth-order valence-corrected chi connectivity index (χ4v) is 5.99. The normalized spacial score (nSPS) is 13.9. The van der Waals surface area contributed by atoms with Crippen LogP contribution in [-0.4, -0.2) is 49.9 Å². The average Bonchev–Trinajstić information content (AvgIpc) is 3.06. The minimum atomic E-state index is -4.27. The first-order valence-corrected chi connectivity index (χ1v) is 20.8. The Bertz CT molecular complexity index is 777. The molecule has 0 rings (SSSR count). The van der Waals surface area contributed by atoms with Gasteiger partial charge in [-0.2, -0.15) is 0 Å². The molecule has 0 saturated heterocycles. The maximum atomic E-state index is 12.5. The maximum absolute atomic E-state index is 12.5. The highest BCUT2D eigenvalue weighted by molar-refractivity contribution is 7.47. The Hall–Kier alpha value is -1.02. The maximum Gasteiger partial charge on any atom is 0.472 e. The number of ether oxygens (including phenoxy) is 2. The molecule has 2 atom stereocenters. The summed E-state index contributed by atoms with van der Waals surface area (Å²) < 4.78 is 33.3. The van der Waals surface area contributed by atoms with Gasteiger partial charge in [0.05, 0.1) is 19.8 Å². The molecule has 47 heavy (non-hydrogen) atoms. The van der Waals surface area contributed by atoms with E-state index in [1.807, 2.05) is 0 Å². The second-order valence-electron chi connectivity index (χ2n) is 12.8. The van der Waals surface area contributed by atoms with Gasteiger partial charge >= 0.3 is 13.8 Å². The van der Waals surface area contributed by atoms with Crippen LogP contribution in [0.3, 0.4) is 0 Å². The van der Waals surface area contributed by atoms with E-state index in [-0.39, 0.29) is 32.3 Å². The number of hydrogen-bond acceptors (Lipinski definition) is 7. The predicted molar refractivity (Wildman–Crippen MR) is 197 cm³/mol. The Kier molecular flexibility index (Phi) is 35.5. The lowest BCUT2D eigenvalue weighted by atomic mass is 10.1. The topological polar surface area (TPSA) is 117 Å². The smallest absolute Gasteiger partial charge is 0.457 e.